The summed E-state index contributed by atoms with van der Waals surface area (Å²) in [6, 6.07) is 9.14. The van der Waals surface area contributed by atoms with Crippen LogP contribution in [0.4, 0.5) is 4.79 Å². The van der Waals surface area contributed by atoms with Crippen LogP contribution < -0.4 is 10.2 Å². The molecule has 0 aliphatic carbocycles. The number of ether oxygens (including phenoxy) is 2. The second-order valence-corrected chi connectivity index (χ2v) is 7.01. The number of nitrogens with one attached hydrogen (secondary N) is 1. The van der Waals surface area contributed by atoms with E-state index in [2.05, 4.69) is 5.48 Å². The summed E-state index contributed by atoms with van der Waals surface area (Å²) in [5, 5.41) is 0. The number of likely N-dealkylation sites (tertiary alicyclic amines) is 1. The van der Waals surface area contributed by atoms with Crippen molar-refractivity contribution in [3.8, 4) is 5.75 Å². The van der Waals surface area contributed by atoms with Crippen molar-refractivity contribution in [3.05, 3.63) is 30.3 Å². The Morgan fingerprint density at radius 1 is 1.12 bits per heavy atom. The first-order valence-corrected chi connectivity index (χ1v) is 8.31. The molecule has 0 radical (unpaired) electrons. The third kappa shape index (κ3) is 5.09. The van der Waals surface area contributed by atoms with E-state index >= 15 is 0 Å². The lowest BCUT2D eigenvalue weighted by Gasteiger charge is -2.40. The number of hydroxylamine groups is 1. The smallest absolute Gasteiger partial charge is 0.410 e. The molecule has 1 N–H and O–H groups in total. The van der Waals surface area contributed by atoms with Crippen LogP contribution in [-0.2, 0) is 14.4 Å². The van der Waals surface area contributed by atoms with Crippen LogP contribution in [0.1, 0.15) is 33.6 Å². The molecule has 0 saturated carbocycles. The van der Waals surface area contributed by atoms with Crippen molar-refractivity contribution in [1.82, 2.24) is 10.4 Å². The van der Waals surface area contributed by atoms with Crippen molar-refractivity contribution in [2.75, 3.05) is 20.2 Å². The van der Waals surface area contributed by atoms with Gasteiger partial charge in [-0.25, -0.2) is 10.3 Å². The van der Waals surface area contributed by atoms with Crippen LogP contribution in [0.2, 0.25) is 0 Å². The standard InChI is InChI=1S/C18H26N2O5/c1-17(2,3)25-16(22)20-12-10-18(11-13-20,15(21)19-23-4)24-14-8-6-5-7-9-14/h5-9H,10-13H2,1-4H3,(H,19,21). The molecule has 2 rings (SSSR count). The van der Waals surface area contributed by atoms with Gasteiger partial charge in [0.05, 0.1) is 7.11 Å². The summed E-state index contributed by atoms with van der Waals surface area (Å²) >= 11 is 0. The molecule has 138 valence electrons. The number of benzene rings is 1. The largest absolute Gasteiger partial charge is 0.477 e. The van der Waals surface area contributed by atoms with Crippen LogP contribution >= 0.6 is 0 Å². The molecular formula is C18H26N2O5. The zero-order chi connectivity index (χ0) is 18.5. The highest BCUT2D eigenvalue weighted by atomic mass is 16.6. The molecule has 0 atom stereocenters. The molecule has 1 aromatic rings. The molecule has 0 bridgehead atoms. The van der Waals surface area contributed by atoms with Gasteiger partial charge in [0, 0.05) is 25.9 Å². The van der Waals surface area contributed by atoms with Crippen molar-refractivity contribution >= 4 is 12.0 Å². The maximum absolute atomic E-state index is 12.5. The summed E-state index contributed by atoms with van der Waals surface area (Å²) < 4.78 is 11.4. The summed E-state index contributed by atoms with van der Waals surface area (Å²) in [5.41, 5.74) is 0.717. The molecule has 1 aliphatic rings. The number of amides is 2. The normalized spacial score (nSPS) is 16.9. The van der Waals surface area contributed by atoms with E-state index in [0.717, 1.165) is 0 Å². The van der Waals surface area contributed by atoms with Gasteiger partial charge >= 0.3 is 6.09 Å². The summed E-state index contributed by atoms with van der Waals surface area (Å²) in [6.45, 7) is 6.19. The minimum atomic E-state index is -1.09. The number of nitrogens with zero attached hydrogens (tertiary/aromatic N) is 1. The predicted octanol–water partition coefficient (Wildman–Crippen LogP) is 2.51. The SMILES string of the molecule is CONC(=O)C1(Oc2ccccc2)CCN(C(=O)OC(C)(C)C)CC1. The van der Waals surface area contributed by atoms with Gasteiger partial charge in [0.15, 0.2) is 5.60 Å². The summed E-state index contributed by atoms with van der Waals surface area (Å²) in [7, 11) is 1.38. The molecule has 1 aromatic carbocycles. The first-order chi connectivity index (χ1) is 11.8. The van der Waals surface area contributed by atoms with Gasteiger partial charge in [-0.3, -0.25) is 9.63 Å². The summed E-state index contributed by atoms with van der Waals surface area (Å²) in [6.07, 6.45) is 0.306. The Bertz CT molecular complexity index is 589. The molecule has 25 heavy (non-hydrogen) atoms. The quantitative estimate of drug-likeness (QED) is 0.845. The molecule has 1 fully saturated rings. The maximum atomic E-state index is 12.5. The van der Waals surface area contributed by atoms with Gasteiger partial charge in [-0.05, 0) is 32.9 Å². The summed E-state index contributed by atoms with van der Waals surface area (Å²) in [5.74, 6) is 0.238. The zero-order valence-electron chi connectivity index (χ0n) is 15.2. The zero-order valence-corrected chi connectivity index (χ0v) is 15.2. The van der Waals surface area contributed by atoms with Crippen LogP contribution in [0.25, 0.3) is 0 Å². The van der Waals surface area contributed by atoms with Gasteiger partial charge in [-0.1, -0.05) is 18.2 Å². The van der Waals surface area contributed by atoms with E-state index in [4.69, 9.17) is 14.3 Å². The number of piperidine rings is 1. The van der Waals surface area contributed by atoms with E-state index in [1.807, 2.05) is 39.0 Å². The van der Waals surface area contributed by atoms with E-state index in [0.29, 0.717) is 31.7 Å². The Kier molecular flexibility index (Phi) is 5.89. The minimum Gasteiger partial charge on any atom is -0.477 e. The average molecular weight is 350 g/mol. The predicted molar refractivity (Wildman–Crippen MR) is 92.0 cm³/mol. The molecular weight excluding hydrogens is 324 g/mol. The first-order valence-electron chi connectivity index (χ1n) is 8.31. The van der Waals surface area contributed by atoms with E-state index < -0.39 is 11.2 Å². The fourth-order valence-electron chi connectivity index (χ4n) is 2.65. The Morgan fingerprint density at radius 3 is 2.24 bits per heavy atom. The van der Waals surface area contributed by atoms with E-state index in [1.165, 1.54) is 7.11 Å². The van der Waals surface area contributed by atoms with Gasteiger partial charge < -0.3 is 14.4 Å². The molecule has 1 saturated heterocycles. The molecule has 0 spiro atoms. The van der Waals surface area contributed by atoms with Gasteiger partial charge in [0.25, 0.3) is 5.91 Å². The topological polar surface area (TPSA) is 77.1 Å². The van der Waals surface area contributed by atoms with Crippen LogP contribution in [-0.4, -0.2) is 48.3 Å². The number of hydrogen-bond acceptors (Lipinski definition) is 5. The second-order valence-electron chi connectivity index (χ2n) is 7.01. The molecule has 7 nitrogen and oxygen atoms in total. The molecule has 1 aliphatic heterocycles. The minimum absolute atomic E-state index is 0.344. The highest BCUT2D eigenvalue weighted by Crippen LogP contribution is 2.30. The van der Waals surface area contributed by atoms with Crippen LogP contribution in [0.5, 0.6) is 5.75 Å². The van der Waals surface area contributed by atoms with Crippen LogP contribution in [0.15, 0.2) is 30.3 Å². The number of carbonyl (C=O) groups excluding carboxylic acids is 2. The third-order valence-corrected chi connectivity index (χ3v) is 3.89. The van der Waals surface area contributed by atoms with Crippen LogP contribution in [0, 0.1) is 0 Å². The average Bonchev–Trinajstić information content (AvgIpc) is 2.55. The van der Waals surface area contributed by atoms with Crippen molar-refractivity contribution in [2.45, 2.75) is 44.8 Å². The van der Waals surface area contributed by atoms with E-state index in [1.54, 1.807) is 17.0 Å². The lowest BCUT2D eigenvalue weighted by Crippen LogP contribution is -2.58. The van der Waals surface area contributed by atoms with Crippen LogP contribution in [0.3, 0.4) is 0 Å². The monoisotopic (exact) mass is 350 g/mol. The number of rotatable bonds is 4. The first kappa shape index (κ1) is 19.1. The Hall–Kier alpha value is -2.28. The molecule has 0 unspecified atom stereocenters. The molecule has 2 amide bonds. The van der Waals surface area contributed by atoms with Gasteiger partial charge in [-0.2, -0.15) is 0 Å². The third-order valence-electron chi connectivity index (χ3n) is 3.89. The molecule has 1 heterocycles. The van der Waals surface area contributed by atoms with Gasteiger partial charge in [0.1, 0.15) is 11.4 Å². The number of para-hydroxylation sites is 1. The van der Waals surface area contributed by atoms with E-state index in [-0.39, 0.29) is 12.0 Å². The lowest BCUT2D eigenvalue weighted by molar-refractivity contribution is -0.152. The highest BCUT2D eigenvalue weighted by Gasteiger charge is 2.45. The maximum Gasteiger partial charge on any atom is 0.410 e. The van der Waals surface area contributed by atoms with Crippen molar-refractivity contribution in [3.63, 3.8) is 0 Å². The van der Waals surface area contributed by atoms with Crippen molar-refractivity contribution in [2.24, 2.45) is 0 Å². The van der Waals surface area contributed by atoms with Gasteiger partial charge in [-0.15, -0.1) is 0 Å². The fraction of sp³-hybridized carbons (Fsp3) is 0.556. The Balaban J connectivity index is 2.09. The highest BCUT2D eigenvalue weighted by molar-refractivity contribution is 5.85. The Morgan fingerprint density at radius 2 is 1.72 bits per heavy atom. The molecule has 7 heteroatoms. The van der Waals surface area contributed by atoms with Crippen molar-refractivity contribution < 1.29 is 23.9 Å². The molecule has 0 aromatic heterocycles. The second kappa shape index (κ2) is 7.74. The Labute approximate surface area is 148 Å². The van der Waals surface area contributed by atoms with Crippen molar-refractivity contribution in [1.29, 1.82) is 0 Å². The number of hydrogen-bond donors (Lipinski definition) is 1. The lowest BCUT2D eigenvalue weighted by atomic mass is 9.90. The van der Waals surface area contributed by atoms with E-state index in [9.17, 15) is 9.59 Å². The summed E-state index contributed by atoms with van der Waals surface area (Å²) in [4.78, 5) is 31.1. The van der Waals surface area contributed by atoms with Gasteiger partial charge in [0.2, 0.25) is 0 Å². The number of carbonyl (C=O) groups is 2. The fourth-order valence-corrected chi connectivity index (χ4v) is 2.65.